The van der Waals surface area contributed by atoms with Crippen molar-refractivity contribution in [3.63, 3.8) is 0 Å². The van der Waals surface area contributed by atoms with Crippen LogP contribution in [-0.2, 0) is 20.9 Å². The number of amides is 3. The van der Waals surface area contributed by atoms with Crippen molar-refractivity contribution in [2.75, 3.05) is 11.9 Å². The minimum Gasteiger partial charge on any atom is -0.349 e. The van der Waals surface area contributed by atoms with Crippen molar-refractivity contribution in [1.29, 1.82) is 0 Å². The molecule has 2 N–H and O–H groups in total. The molecule has 0 unspecified atom stereocenters. The highest BCUT2D eigenvalue weighted by Crippen LogP contribution is 2.28. The van der Waals surface area contributed by atoms with Crippen molar-refractivity contribution in [2.24, 2.45) is 0 Å². The number of ketones is 1. The molecule has 3 aromatic heterocycles. The van der Waals surface area contributed by atoms with E-state index in [2.05, 4.69) is 46.6 Å². The smallest absolute Gasteiger partial charge is 0.251 e. The highest BCUT2D eigenvalue weighted by molar-refractivity contribution is 9.10. The van der Waals surface area contributed by atoms with Crippen LogP contribution in [0, 0.1) is 6.92 Å². The number of aromatic nitrogens is 5. The Morgan fingerprint density at radius 1 is 1.07 bits per heavy atom. The molecule has 216 valence electrons. The van der Waals surface area contributed by atoms with Crippen LogP contribution in [0.1, 0.15) is 30.2 Å². The van der Waals surface area contributed by atoms with E-state index < -0.39 is 36.0 Å². The number of Topliss-reactive ketones (excluding diaryl/α,β-unsaturated/α-hetero) is 1. The largest absolute Gasteiger partial charge is 0.349 e. The number of alkyl halides is 1. The first-order valence-electron chi connectivity index (χ1n) is 13.0. The van der Waals surface area contributed by atoms with Crippen LogP contribution >= 0.6 is 15.9 Å². The van der Waals surface area contributed by atoms with Crippen LogP contribution in [0.25, 0.3) is 22.0 Å². The van der Waals surface area contributed by atoms with Gasteiger partial charge in [-0.25, -0.2) is 19.3 Å². The van der Waals surface area contributed by atoms with Crippen LogP contribution in [0.2, 0.25) is 0 Å². The number of benzene rings is 1. The standard InChI is InChI=1S/C28H26BrFN8O4/c1-14(39)26-19-9-17(18-10-31-15(2)32-11-18)7-8-21(19)38(36-26)13-24(41)37-12-20(33-16(3)40)25(30)27(37)28(42)35-23-6-4-5-22(29)34-23/h4-11,20,25,27H,12-13H2,1-3H3,(H,33,40)(H,34,35,42)/t20-,25+,27+/m1/s1. The molecule has 4 heterocycles. The van der Waals surface area contributed by atoms with Gasteiger partial charge in [-0.05, 0) is 52.7 Å². The molecule has 3 amide bonds. The molecule has 5 rings (SSSR count). The number of fused-ring (bicyclic) bond motifs is 1. The number of nitrogens with one attached hydrogen (secondary N) is 2. The molecule has 4 aromatic rings. The van der Waals surface area contributed by atoms with Gasteiger partial charge in [-0.1, -0.05) is 12.1 Å². The molecule has 3 atom stereocenters. The number of nitrogens with zero attached hydrogens (tertiary/aromatic N) is 6. The van der Waals surface area contributed by atoms with Crippen molar-refractivity contribution < 1.29 is 23.6 Å². The average Bonchev–Trinajstić information content (AvgIpc) is 3.46. The summed E-state index contributed by atoms with van der Waals surface area (Å²) < 4.78 is 17.4. The zero-order valence-electron chi connectivity index (χ0n) is 22.8. The maximum absolute atomic E-state index is 15.6. The van der Waals surface area contributed by atoms with Crippen molar-refractivity contribution in [2.45, 2.75) is 45.6 Å². The van der Waals surface area contributed by atoms with Gasteiger partial charge in [-0.2, -0.15) is 5.10 Å². The molecule has 1 fully saturated rings. The third-order valence-corrected chi connectivity index (χ3v) is 7.28. The lowest BCUT2D eigenvalue weighted by Crippen LogP contribution is -2.48. The lowest BCUT2D eigenvalue weighted by molar-refractivity contribution is -0.138. The highest BCUT2D eigenvalue weighted by atomic mass is 79.9. The molecule has 0 saturated carbocycles. The molecule has 42 heavy (non-hydrogen) atoms. The van der Waals surface area contributed by atoms with Gasteiger partial charge in [0.1, 0.15) is 34.5 Å². The van der Waals surface area contributed by atoms with Gasteiger partial charge in [0.05, 0.1) is 11.6 Å². The number of hydrogen-bond acceptors (Lipinski definition) is 8. The minimum absolute atomic E-state index is 0.156. The van der Waals surface area contributed by atoms with E-state index in [0.717, 1.165) is 16.0 Å². The van der Waals surface area contributed by atoms with Crippen molar-refractivity contribution >= 4 is 56.2 Å². The fraction of sp³-hybridized carbons (Fsp3) is 0.286. The molecule has 12 nitrogen and oxygen atoms in total. The van der Waals surface area contributed by atoms with E-state index >= 15 is 4.39 Å². The number of pyridine rings is 1. The van der Waals surface area contributed by atoms with E-state index in [1.54, 1.807) is 49.6 Å². The van der Waals surface area contributed by atoms with Gasteiger partial charge < -0.3 is 15.5 Å². The fourth-order valence-corrected chi connectivity index (χ4v) is 5.27. The average molecular weight is 637 g/mol. The van der Waals surface area contributed by atoms with Gasteiger partial charge in [0, 0.05) is 43.7 Å². The van der Waals surface area contributed by atoms with Gasteiger partial charge in [0.2, 0.25) is 11.8 Å². The summed E-state index contributed by atoms with van der Waals surface area (Å²) in [7, 11) is 0. The van der Waals surface area contributed by atoms with Crippen molar-refractivity contribution in [3.8, 4) is 11.1 Å². The second-order valence-electron chi connectivity index (χ2n) is 9.89. The second kappa shape index (κ2) is 11.7. The molecule has 0 bridgehead atoms. The number of hydrogen-bond donors (Lipinski definition) is 2. The van der Waals surface area contributed by atoms with Crippen molar-refractivity contribution in [3.05, 3.63) is 64.9 Å². The maximum atomic E-state index is 15.6. The number of halogens is 2. The fourth-order valence-electron chi connectivity index (χ4n) is 4.93. The number of aryl methyl sites for hydroxylation is 1. The summed E-state index contributed by atoms with van der Waals surface area (Å²) in [5.41, 5.74) is 2.15. The Hall–Kier alpha value is -4.59. The maximum Gasteiger partial charge on any atom is 0.251 e. The second-order valence-corrected chi connectivity index (χ2v) is 10.7. The summed E-state index contributed by atoms with van der Waals surface area (Å²) in [5.74, 6) is -1.44. The Kier molecular flexibility index (Phi) is 8.07. The SMILES string of the molecule is CC(=O)N[C@@H]1CN(C(=O)Cn2nc(C(C)=O)c3cc(-c4cnc(C)nc4)ccc32)[C@H](C(=O)Nc2cccc(Br)n2)[C@H]1F. The van der Waals surface area contributed by atoms with E-state index in [1.807, 2.05) is 0 Å². The topological polar surface area (TPSA) is 152 Å². The molecule has 1 saturated heterocycles. The summed E-state index contributed by atoms with van der Waals surface area (Å²) >= 11 is 3.22. The summed E-state index contributed by atoms with van der Waals surface area (Å²) in [6, 6.07) is 7.48. The van der Waals surface area contributed by atoms with Crippen LogP contribution in [0.3, 0.4) is 0 Å². The van der Waals surface area contributed by atoms with Crippen LogP contribution in [0.5, 0.6) is 0 Å². The summed E-state index contributed by atoms with van der Waals surface area (Å²) in [4.78, 5) is 64.7. The lowest BCUT2D eigenvalue weighted by Gasteiger charge is -2.24. The predicted octanol–water partition coefficient (Wildman–Crippen LogP) is 2.85. The molecule has 0 aliphatic carbocycles. The Morgan fingerprint density at radius 3 is 2.48 bits per heavy atom. The Bertz CT molecular complexity index is 1710. The molecular formula is C28H26BrFN8O4. The zero-order valence-corrected chi connectivity index (χ0v) is 24.4. The predicted molar refractivity (Wildman–Crippen MR) is 154 cm³/mol. The number of anilines is 1. The van der Waals surface area contributed by atoms with Crippen LogP contribution < -0.4 is 10.6 Å². The van der Waals surface area contributed by atoms with Crippen LogP contribution in [-0.4, -0.2) is 77.9 Å². The van der Waals surface area contributed by atoms with Crippen molar-refractivity contribution in [1.82, 2.24) is 34.9 Å². The molecule has 14 heteroatoms. The first-order chi connectivity index (χ1) is 20.0. The minimum atomic E-state index is -1.88. The van der Waals surface area contributed by atoms with E-state index in [1.165, 1.54) is 24.6 Å². The quantitative estimate of drug-likeness (QED) is 0.232. The van der Waals surface area contributed by atoms with E-state index in [0.29, 0.717) is 21.3 Å². The van der Waals surface area contributed by atoms with Crippen LogP contribution in [0.15, 0.2) is 53.4 Å². The Balaban J connectivity index is 1.45. The van der Waals surface area contributed by atoms with E-state index in [9.17, 15) is 19.2 Å². The molecule has 0 spiro atoms. The Morgan fingerprint density at radius 2 is 1.81 bits per heavy atom. The first kappa shape index (κ1) is 28.9. The number of likely N-dealkylation sites (tertiary alicyclic amines) is 1. The molecule has 0 radical (unpaired) electrons. The van der Waals surface area contributed by atoms with Gasteiger partial charge in [0.25, 0.3) is 5.91 Å². The van der Waals surface area contributed by atoms with E-state index in [4.69, 9.17) is 0 Å². The molecule has 1 aliphatic heterocycles. The summed E-state index contributed by atoms with van der Waals surface area (Å²) in [6.07, 6.45) is 1.46. The summed E-state index contributed by atoms with van der Waals surface area (Å²) in [6.45, 7) is 3.76. The normalized spacial score (nSPS) is 18.2. The molecule has 1 aliphatic rings. The number of carbonyl (C=O) groups excluding carboxylic acids is 4. The van der Waals surface area contributed by atoms with Gasteiger partial charge in [-0.15, -0.1) is 0 Å². The van der Waals surface area contributed by atoms with E-state index in [-0.39, 0.29) is 30.4 Å². The molecule has 1 aromatic carbocycles. The zero-order chi connectivity index (χ0) is 30.1. The number of rotatable bonds is 7. The van der Waals surface area contributed by atoms with Crippen LogP contribution in [0.4, 0.5) is 10.2 Å². The highest BCUT2D eigenvalue weighted by Gasteiger charge is 2.49. The first-order valence-corrected chi connectivity index (χ1v) is 13.8. The summed E-state index contributed by atoms with van der Waals surface area (Å²) in [5, 5.41) is 9.94. The third-order valence-electron chi connectivity index (χ3n) is 6.84. The van der Waals surface area contributed by atoms with Gasteiger partial charge >= 0.3 is 0 Å². The lowest BCUT2D eigenvalue weighted by atomic mass is 10.0. The Labute approximate surface area is 247 Å². The van der Waals surface area contributed by atoms with Gasteiger partial charge in [0.15, 0.2) is 12.0 Å². The van der Waals surface area contributed by atoms with Gasteiger partial charge in [-0.3, -0.25) is 23.9 Å². The molecular weight excluding hydrogens is 611 g/mol. The number of carbonyl (C=O) groups is 4. The monoisotopic (exact) mass is 636 g/mol. The third kappa shape index (κ3) is 5.88.